The van der Waals surface area contributed by atoms with Gasteiger partial charge in [0.1, 0.15) is 4.83 Å². The predicted octanol–water partition coefficient (Wildman–Crippen LogP) is 1.78. The van der Waals surface area contributed by atoms with Gasteiger partial charge in [0.05, 0.1) is 11.1 Å². The number of rotatable bonds is 6. The molecule has 0 bridgehead atoms. The molecule has 0 unspecified atom stereocenters. The molecule has 20 heavy (non-hydrogen) atoms. The van der Waals surface area contributed by atoms with Gasteiger partial charge in [-0.25, -0.2) is 4.98 Å². The second-order valence-electron chi connectivity index (χ2n) is 4.14. The smallest absolute Gasteiger partial charge is 0.263 e. The van der Waals surface area contributed by atoms with E-state index in [-0.39, 0.29) is 11.3 Å². The topological polar surface area (TPSA) is 78.0 Å². The molecule has 2 rings (SSSR count). The minimum Gasteiger partial charge on any atom is -0.369 e. The van der Waals surface area contributed by atoms with Crippen molar-refractivity contribution < 1.29 is 4.79 Å². The van der Waals surface area contributed by atoms with Crippen molar-refractivity contribution in [2.24, 2.45) is 5.73 Å². The van der Waals surface area contributed by atoms with Crippen LogP contribution >= 0.6 is 23.1 Å². The van der Waals surface area contributed by atoms with Gasteiger partial charge in [0.15, 0.2) is 5.16 Å². The molecule has 0 aromatic carbocycles. The second-order valence-corrected chi connectivity index (χ2v) is 6.20. The van der Waals surface area contributed by atoms with E-state index < -0.39 is 5.91 Å². The van der Waals surface area contributed by atoms with Crippen LogP contribution in [0.4, 0.5) is 0 Å². The van der Waals surface area contributed by atoms with E-state index in [4.69, 9.17) is 5.73 Å². The molecule has 1 amide bonds. The monoisotopic (exact) mass is 309 g/mol. The van der Waals surface area contributed by atoms with Crippen molar-refractivity contribution in [3.8, 4) is 0 Å². The first kappa shape index (κ1) is 14.8. The van der Waals surface area contributed by atoms with Crippen LogP contribution in [0.1, 0.15) is 11.8 Å². The van der Waals surface area contributed by atoms with Crippen LogP contribution in [0.25, 0.3) is 10.2 Å². The molecule has 0 aliphatic rings. The average molecular weight is 309 g/mol. The lowest BCUT2D eigenvalue weighted by Gasteiger charge is -2.08. The van der Waals surface area contributed by atoms with E-state index in [0.717, 1.165) is 11.3 Å². The quantitative estimate of drug-likeness (QED) is 0.501. The SMILES string of the molecule is C=CCn1c(SCC(N)=O)nc2sc(CC)cc2c1=O. The molecule has 0 spiro atoms. The number of primary amides is 1. The lowest BCUT2D eigenvalue weighted by atomic mass is 10.3. The van der Waals surface area contributed by atoms with Crippen LogP contribution in [0.3, 0.4) is 0 Å². The van der Waals surface area contributed by atoms with Gasteiger partial charge in [-0.3, -0.25) is 14.2 Å². The van der Waals surface area contributed by atoms with Crippen LogP contribution in [-0.2, 0) is 17.8 Å². The molecule has 106 valence electrons. The zero-order valence-electron chi connectivity index (χ0n) is 11.1. The maximum Gasteiger partial charge on any atom is 0.263 e. The summed E-state index contributed by atoms with van der Waals surface area (Å²) >= 11 is 2.68. The van der Waals surface area contributed by atoms with E-state index >= 15 is 0 Å². The van der Waals surface area contributed by atoms with Crippen molar-refractivity contribution in [2.75, 3.05) is 5.75 Å². The van der Waals surface area contributed by atoms with Gasteiger partial charge >= 0.3 is 0 Å². The summed E-state index contributed by atoms with van der Waals surface area (Å²) in [5.74, 6) is -0.337. The van der Waals surface area contributed by atoms with Gasteiger partial charge in [0.25, 0.3) is 5.56 Å². The Morgan fingerprint density at radius 2 is 2.40 bits per heavy atom. The Morgan fingerprint density at radius 1 is 1.65 bits per heavy atom. The van der Waals surface area contributed by atoms with E-state index in [2.05, 4.69) is 11.6 Å². The number of carbonyl (C=O) groups is 1. The van der Waals surface area contributed by atoms with Crippen molar-refractivity contribution in [2.45, 2.75) is 25.0 Å². The molecule has 2 heterocycles. The number of carbonyl (C=O) groups excluding carboxylic acids is 1. The third-order valence-corrected chi connectivity index (χ3v) is 4.84. The number of nitrogens with zero attached hydrogens (tertiary/aromatic N) is 2. The average Bonchev–Trinajstić information content (AvgIpc) is 2.83. The Labute approximate surface area is 124 Å². The lowest BCUT2D eigenvalue weighted by Crippen LogP contribution is -2.23. The highest BCUT2D eigenvalue weighted by atomic mass is 32.2. The Hall–Kier alpha value is -1.60. The maximum atomic E-state index is 12.5. The normalized spacial score (nSPS) is 10.8. The molecule has 0 radical (unpaired) electrons. The van der Waals surface area contributed by atoms with Gasteiger partial charge in [-0.05, 0) is 12.5 Å². The highest BCUT2D eigenvalue weighted by molar-refractivity contribution is 7.99. The molecule has 2 aromatic rings. The summed E-state index contributed by atoms with van der Waals surface area (Å²) in [4.78, 5) is 29.7. The van der Waals surface area contributed by atoms with E-state index in [0.29, 0.717) is 21.9 Å². The first-order valence-electron chi connectivity index (χ1n) is 6.12. The second kappa shape index (κ2) is 6.23. The van der Waals surface area contributed by atoms with Gasteiger partial charge in [0, 0.05) is 11.4 Å². The van der Waals surface area contributed by atoms with Crippen molar-refractivity contribution in [3.05, 3.63) is 34.0 Å². The van der Waals surface area contributed by atoms with Gasteiger partial charge in [0.2, 0.25) is 5.91 Å². The predicted molar refractivity (Wildman–Crippen MR) is 83.4 cm³/mol. The highest BCUT2D eigenvalue weighted by Crippen LogP contribution is 2.25. The summed E-state index contributed by atoms with van der Waals surface area (Å²) in [5, 5.41) is 1.13. The highest BCUT2D eigenvalue weighted by Gasteiger charge is 2.14. The van der Waals surface area contributed by atoms with Crippen LogP contribution in [-0.4, -0.2) is 21.2 Å². The minimum atomic E-state index is -0.435. The fourth-order valence-electron chi connectivity index (χ4n) is 1.76. The molecule has 5 nitrogen and oxygen atoms in total. The maximum absolute atomic E-state index is 12.5. The Kier molecular flexibility index (Phi) is 4.61. The zero-order chi connectivity index (χ0) is 14.7. The van der Waals surface area contributed by atoms with E-state index in [1.807, 2.05) is 13.0 Å². The summed E-state index contributed by atoms with van der Waals surface area (Å²) in [6.45, 7) is 6.05. The first-order valence-corrected chi connectivity index (χ1v) is 7.92. The van der Waals surface area contributed by atoms with Crippen LogP contribution in [0.2, 0.25) is 0 Å². The molecule has 0 fully saturated rings. The van der Waals surface area contributed by atoms with Crippen molar-refractivity contribution in [1.29, 1.82) is 0 Å². The summed E-state index contributed by atoms with van der Waals surface area (Å²) in [6, 6.07) is 1.89. The summed E-state index contributed by atoms with van der Waals surface area (Å²) in [7, 11) is 0. The van der Waals surface area contributed by atoms with E-state index in [1.165, 1.54) is 27.7 Å². The molecule has 0 aliphatic heterocycles. The van der Waals surface area contributed by atoms with Gasteiger partial charge in [-0.15, -0.1) is 17.9 Å². The van der Waals surface area contributed by atoms with E-state index in [1.54, 1.807) is 6.08 Å². The Morgan fingerprint density at radius 3 is 3.00 bits per heavy atom. The molecule has 2 aromatic heterocycles. The van der Waals surface area contributed by atoms with Crippen molar-refractivity contribution >= 4 is 39.2 Å². The third-order valence-electron chi connectivity index (χ3n) is 2.67. The first-order chi connectivity index (χ1) is 9.56. The van der Waals surface area contributed by atoms with Crippen molar-refractivity contribution in [1.82, 2.24) is 9.55 Å². The van der Waals surface area contributed by atoms with Gasteiger partial charge < -0.3 is 5.73 Å². The lowest BCUT2D eigenvalue weighted by molar-refractivity contribution is -0.115. The zero-order valence-corrected chi connectivity index (χ0v) is 12.7. The number of nitrogens with two attached hydrogens (primary N) is 1. The largest absolute Gasteiger partial charge is 0.369 e. The summed E-state index contributed by atoms with van der Waals surface area (Å²) < 4.78 is 1.52. The van der Waals surface area contributed by atoms with Crippen LogP contribution in [0.15, 0.2) is 28.7 Å². The number of thioether (sulfide) groups is 1. The van der Waals surface area contributed by atoms with Gasteiger partial charge in [-0.2, -0.15) is 0 Å². The number of amides is 1. The van der Waals surface area contributed by atoms with E-state index in [9.17, 15) is 9.59 Å². The molecule has 0 saturated carbocycles. The fraction of sp³-hybridized carbons (Fsp3) is 0.308. The number of aryl methyl sites for hydroxylation is 1. The molecule has 2 N–H and O–H groups in total. The molecular formula is C13H15N3O2S2. The van der Waals surface area contributed by atoms with Crippen LogP contribution in [0.5, 0.6) is 0 Å². The summed E-state index contributed by atoms with van der Waals surface area (Å²) in [6.07, 6.45) is 2.50. The van der Waals surface area contributed by atoms with Crippen molar-refractivity contribution in [3.63, 3.8) is 0 Å². The number of allylic oxidation sites excluding steroid dienone is 1. The summed E-state index contributed by atoms with van der Waals surface area (Å²) in [5.41, 5.74) is 5.05. The molecular weight excluding hydrogens is 294 g/mol. The van der Waals surface area contributed by atoms with Crippen LogP contribution in [0, 0.1) is 0 Å². The Balaban J connectivity index is 2.58. The molecule has 0 aliphatic carbocycles. The number of hydrogen-bond donors (Lipinski definition) is 1. The van der Waals surface area contributed by atoms with Crippen LogP contribution < -0.4 is 11.3 Å². The number of fused-ring (bicyclic) bond motifs is 1. The number of aromatic nitrogens is 2. The fourth-order valence-corrected chi connectivity index (χ4v) is 3.51. The number of hydrogen-bond acceptors (Lipinski definition) is 5. The number of thiophene rings is 1. The molecule has 7 heteroatoms. The third kappa shape index (κ3) is 2.94. The minimum absolute atomic E-state index is 0.0983. The standard InChI is InChI=1S/C13H15N3O2S2/c1-3-5-16-12(18)9-6-8(4-2)20-11(9)15-13(16)19-7-10(14)17/h3,6H,1,4-5,7H2,2H3,(H2,14,17). The van der Waals surface area contributed by atoms with Gasteiger partial charge in [-0.1, -0.05) is 24.8 Å². The Bertz CT molecular complexity index is 718. The molecule has 0 atom stereocenters. The molecule has 0 saturated heterocycles.